The average Bonchev–Trinajstić information content (AvgIpc) is 3.11. The molecule has 2 heterocycles. The van der Waals surface area contributed by atoms with E-state index in [1.807, 2.05) is 49.4 Å². The van der Waals surface area contributed by atoms with Crippen LogP contribution in [-0.4, -0.2) is 14.6 Å². The van der Waals surface area contributed by atoms with Gasteiger partial charge in [0.25, 0.3) is 5.56 Å². The summed E-state index contributed by atoms with van der Waals surface area (Å²) in [7, 11) is 0. The number of hydrogen-bond donors (Lipinski definition) is 0. The summed E-state index contributed by atoms with van der Waals surface area (Å²) in [6, 6.07) is 15.3. The molecule has 0 aliphatic carbocycles. The van der Waals surface area contributed by atoms with Gasteiger partial charge >= 0.3 is 0 Å². The number of aryl methyl sites for hydroxylation is 1. The van der Waals surface area contributed by atoms with Crippen molar-refractivity contribution >= 4 is 34.0 Å². The summed E-state index contributed by atoms with van der Waals surface area (Å²) in [6.45, 7) is 2.02. The van der Waals surface area contributed by atoms with Gasteiger partial charge in [0, 0.05) is 10.6 Å². The van der Waals surface area contributed by atoms with Gasteiger partial charge in [-0.25, -0.2) is 0 Å². The van der Waals surface area contributed by atoms with E-state index >= 15 is 0 Å². The lowest BCUT2D eigenvalue weighted by atomic mass is 10.1. The smallest absolute Gasteiger partial charge is 0.266 e. The van der Waals surface area contributed by atoms with Gasteiger partial charge in [-0.3, -0.25) is 4.79 Å². The highest BCUT2D eigenvalue weighted by atomic mass is 35.5. The molecule has 2 aromatic heterocycles. The highest BCUT2D eigenvalue weighted by Crippen LogP contribution is 2.18. The summed E-state index contributed by atoms with van der Waals surface area (Å²) < 4.78 is 1.91. The van der Waals surface area contributed by atoms with Crippen LogP contribution < -0.4 is 10.1 Å². The molecular weight excluding hydrogens is 342 g/mol. The van der Waals surface area contributed by atoms with Crippen LogP contribution in [0.2, 0.25) is 5.02 Å². The quantitative estimate of drug-likeness (QED) is 0.555. The Morgan fingerprint density at radius 2 is 1.88 bits per heavy atom. The largest absolute Gasteiger partial charge is 0.291 e. The first-order chi connectivity index (χ1) is 11.6. The van der Waals surface area contributed by atoms with E-state index in [0.29, 0.717) is 20.3 Å². The van der Waals surface area contributed by atoms with Crippen molar-refractivity contribution in [1.29, 1.82) is 0 Å². The fourth-order valence-electron chi connectivity index (χ4n) is 2.39. The monoisotopic (exact) mass is 353 g/mol. The molecule has 0 atom stereocenters. The van der Waals surface area contributed by atoms with Crippen LogP contribution in [-0.2, 0) is 0 Å². The van der Waals surface area contributed by atoms with Gasteiger partial charge in [0.2, 0.25) is 4.96 Å². The first-order valence-corrected chi connectivity index (χ1v) is 8.54. The first-order valence-electron chi connectivity index (χ1n) is 7.35. The standard InChI is InChI=1S/C18H12ClN3OS/c1-11-6-8-12(9-7-11)16-20-18-22(21-16)17(23)15(24-18)10-13-4-2-3-5-14(13)19/h2-10H,1H3. The van der Waals surface area contributed by atoms with E-state index in [9.17, 15) is 4.79 Å². The zero-order valence-corrected chi connectivity index (χ0v) is 14.3. The fourth-order valence-corrected chi connectivity index (χ4v) is 3.48. The number of fused-ring (bicyclic) bond motifs is 1. The molecule has 0 fully saturated rings. The maximum atomic E-state index is 12.5. The van der Waals surface area contributed by atoms with Gasteiger partial charge < -0.3 is 0 Å². The molecule has 0 amide bonds. The third kappa shape index (κ3) is 2.62. The van der Waals surface area contributed by atoms with Crippen molar-refractivity contribution in [3.63, 3.8) is 0 Å². The average molecular weight is 354 g/mol. The van der Waals surface area contributed by atoms with Crippen LogP contribution in [0.1, 0.15) is 11.1 Å². The van der Waals surface area contributed by atoms with Crippen LogP contribution in [0.4, 0.5) is 0 Å². The highest BCUT2D eigenvalue weighted by molar-refractivity contribution is 7.15. The Labute approximate surface area is 146 Å². The Bertz CT molecular complexity index is 1150. The van der Waals surface area contributed by atoms with Crippen LogP contribution in [0.15, 0.2) is 53.3 Å². The summed E-state index contributed by atoms with van der Waals surface area (Å²) >= 11 is 7.46. The molecule has 4 aromatic rings. The van der Waals surface area contributed by atoms with Crippen molar-refractivity contribution in [2.45, 2.75) is 6.92 Å². The molecule has 0 N–H and O–H groups in total. The van der Waals surface area contributed by atoms with Crippen molar-refractivity contribution in [2.75, 3.05) is 0 Å². The number of aromatic nitrogens is 3. The van der Waals surface area contributed by atoms with Gasteiger partial charge in [0.1, 0.15) is 0 Å². The summed E-state index contributed by atoms with van der Waals surface area (Å²) in [5.41, 5.74) is 2.69. The molecule has 0 aliphatic heterocycles. The van der Waals surface area contributed by atoms with Gasteiger partial charge in [0.05, 0.1) is 4.53 Å². The Morgan fingerprint density at radius 3 is 2.58 bits per heavy atom. The molecule has 0 spiro atoms. The molecule has 4 nitrogen and oxygen atoms in total. The minimum Gasteiger partial charge on any atom is -0.266 e. The van der Waals surface area contributed by atoms with E-state index in [0.717, 1.165) is 11.1 Å². The van der Waals surface area contributed by atoms with Gasteiger partial charge in [-0.1, -0.05) is 71.0 Å². The molecule has 0 saturated heterocycles. The predicted molar refractivity (Wildman–Crippen MR) is 97.5 cm³/mol. The van der Waals surface area contributed by atoms with E-state index in [1.165, 1.54) is 21.4 Å². The summed E-state index contributed by atoms with van der Waals surface area (Å²) in [6.07, 6.45) is 1.78. The second kappa shape index (κ2) is 5.85. The lowest BCUT2D eigenvalue weighted by Crippen LogP contribution is -2.23. The number of rotatable bonds is 2. The molecule has 24 heavy (non-hydrogen) atoms. The number of thiazole rings is 1. The lowest BCUT2D eigenvalue weighted by Gasteiger charge is -1.95. The molecule has 0 aliphatic rings. The lowest BCUT2D eigenvalue weighted by molar-refractivity contribution is 0.937. The van der Waals surface area contributed by atoms with Crippen molar-refractivity contribution in [1.82, 2.24) is 14.6 Å². The fraction of sp³-hybridized carbons (Fsp3) is 0.0556. The van der Waals surface area contributed by atoms with Crippen molar-refractivity contribution in [3.05, 3.63) is 79.6 Å². The Hall–Kier alpha value is -2.50. The molecule has 0 unspecified atom stereocenters. The number of halogens is 1. The zero-order valence-electron chi connectivity index (χ0n) is 12.7. The van der Waals surface area contributed by atoms with Crippen LogP contribution in [0.5, 0.6) is 0 Å². The summed E-state index contributed by atoms with van der Waals surface area (Å²) in [5.74, 6) is 0.558. The Morgan fingerprint density at radius 1 is 1.12 bits per heavy atom. The summed E-state index contributed by atoms with van der Waals surface area (Å²) in [5, 5.41) is 4.95. The first kappa shape index (κ1) is 15.1. The second-order valence-corrected chi connectivity index (χ2v) is 6.85. The van der Waals surface area contributed by atoms with Gasteiger partial charge in [0.15, 0.2) is 5.82 Å². The third-order valence-electron chi connectivity index (χ3n) is 3.68. The SMILES string of the molecule is Cc1ccc(-c2nc3sc(=Cc4ccccc4Cl)c(=O)n3n2)cc1. The van der Waals surface area contributed by atoms with Crippen LogP contribution in [0.25, 0.3) is 22.4 Å². The molecule has 0 bridgehead atoms. The Balaban J connectivity index is 1.83. The van der Waals surface area contributed by atoms with Crippen LogP contribution >= 0.6 is 22.9 Å². The number of nitrogens with zero attached hydrogens (tertiary/aromatic N) is 3. The van der Waals surface area contributed by atoms with E-state index in [2.05, 4.69) is 10.1 Å². The molecule has 0 saturated carbocycles. The topological polar surface area (TPSA) is 47.3 Å². The van der Waals surface area contributed by atoms with Crippen LogP contribution in [0, 0.1) is 6.92 Å². The van der Waals surface area contributed by atoms with Gasteiger partial charge in [-0.05, 0) is 24.6 Å². The second-order valence-electron chi connectivity index (χ2n) is 5.43. The molecule has 2 aromatic carbocycles. The van der Waals surface area contributed by atoms with Crippen molar-refractivity contribution in [2.24, 2.45) is 0 Å². The minimum absolute atomic E-state index is 0.180. The predicted octanol–water partition coefficient (Wildman–Crippen LogP) is 3.33. The third-order valence-corrected chi connectivity index (χ3v) is 4.99. The number of hydrogen-bond acceptors (Lipinski definition) is 4. The van der Waals surface area contributed by atoms with E-state index in [-0.39, 0.29) is 5.56 Å². The molecular formula is C18H12ClN3OS. The zero-order chi connectivity index (χ0) is 16.7. The number of benzene rings is 2. The van der Waals surface area contributed by atoms with Crippen LogP contribution in [0.3, 0.4) is 0 Å². The van der Waals surface area contributed by atoms with Gasteiger partial charge in [-0.2, -0.15) is 9.50 Å². The highest BCUT2D eigenvalue weighted by Gasteiger charge is 2.12. The molecule has 4 rings (SSSR count). The maximum absolute atomic E-state index is 12.5. The van der Waals surface area contributed by atoms with Crippen molar-refractivity contribution < 1.29 is 0 Å². The van der Waals surface area contributed by atoms with E-state index in [1.54, 1.807) is 12.1 Å². The van der Waals surface area contributed by atoms with Crippen molar-refractivity contribution in [3.8, 4) is 11.4 Å². The Kier molecular flexibility index (Phi) is 3.67. The van der Waals surface area contributed by atoms with Gasteiger partial charge in [-0.15, -0.1) is 5.10 Å². The minimum atomic E-state index is -0.180. The maximum Gasteiger partial charge on any atom is 0.291 e. The molecule has 118 valence electrons. The molecule has 6 heteroatoms. The van der Waals surface area contributed by atoms with E-state index < -0.39 is 0 Å². The summed E-state index contributed by atoms with van der Waals surface area (Å²) in [4.78, 5) is 17.6. The normalized spacial score (nSPS) is 12.2. The molecule has 0 radical (unpaired) electrons. The van der Waals surface area contributed by atoms with E-state index in [4.69, 9.17) is 11.6 Å².